The first-order valence-corrected chi connectivity index (χ1v) is 11.0. The number of amides is 1. The van der Waals surface area contributed by atoms with Gasteiger partial charge in [0.1, 0.15) is 0 Å². The van der Waals surface area contributed by atoms with Crippen molar-refractivity contribution in [2.75, 3.05) is 18.1 Å². The van der Waals surface area contributed by atoms with Crippen LogP contribution in [0.1, 0.15) is 21.7 Å². The van der Waals surface area contributed by atoms with Crippen LogP contribution in [0.3, 0.4) is 0 Å². The summed E-state index contributed by atoms with van der Waals surface area (Å²) in [6.45, 7) is 3.18. The van der Waals surface area contributed by atoms with Crippen LogP contribution < -0.4 is 5.32 Å². The molecule has 9 heteroatoms. The number of esters is 1. The van der Waals surface area contributed by atoms with Gasteiger partial charge in [-0.25, -0.2) is 13.2 Å². The maximum absolute atomic E-state index is 12.4. The molecule has 0 saturated carbocycles. The summed E-state index contributed by atoms with van der Waals surface area (Å²) in [5, 5.41) is 1.83. The molecule has 1 saturated heterocycles. The third-order valence-corrected chi connectivity index (χ3v) is 7.00. The SMILES string of the molecule is Cc1cc(C(=O)OCC(=O)N[C@H]2CS(=O)(=O)C[C@@H]2Cl)c(C)n1-c1ccccc1. The quantitative estimate of drug-likeness (QED) is 0.583. The first kappa shape index (κ1) is 20.4. The summed E-state index contributed by atoms with van der Waals surface area (Å²) in [4.78, 5) is 24.5. The highest BCUT2D eigenvalue weighted by molar-refractivity contribution is 7.91. The summed E-state index contributed by atoms with van der Waals surface area (Å²) in [5.41, 5.74) is 2.86. The van der Waals surface area contributed by atoms with Gasteiger partial charge in [0.15, 0.2) is 16.4 Å². The van der Waals surface area contributed by atoms with Crippen molar-refractivity contribution in [1.82, 2.24) is 9.88 Å². The Balaban J connectivity index is 1.64. The summed E-state index contributed by atoms with van der Waals surface area (Å²) in [7, 11) is -3.26. The third-order valence-electron chi connectivity index (χ3n) is 4.63. The standard InChI is InChI=1S/C19H21ClN2O5S/c1-12-8-15(13(2)22(12)14-6-4-3-5-7-14)19(24)27-9-18(23)21-17-11-28(25,26)10-16(17)20/h3-8,16-17H,9-11H2,1-2H3,(H,21,23)/t16-,17-/m0/s1. The Hall–Kier alpha value is -2.32. The Morgan fingerprint density at radius 3 is 2.50 bits per heavy atom. The van der Waals surface area contributed by atoms with E-state index < -0.39 is 39.7 Å². The molecule has 3 rings (SSSR count). The molecule has 0 unspecified atom stereocenters. The first-order chi connectivity index (χ1) is 13.2. The van der Waals surface area contributed by atoms with Crippen LogP contribution in [0.5, 0.6) is 0 Å². The molecule has 28 heavy (non-hydrogen) atoms. The van der Waals surface area contributed by atoms with Crippen LogP contribution in [0.15, 0.2) is 36.4 Å². The number of ether oxygens (including phenoxy) is 1. The van der Waals surface area contributed by atoms with Gasteiger partial charge in [-0.3, -0.25) is 4.79 Å². The van der Waals surface area contributed by atoms with Crippen molar-refractivity contribution in [2.24, 2.45) is 0 Å². The molecule has 150 valence electrons. The predicted molar refractivity (Wildman–Crippen MR) is 106 cm³/mol. The number of carbonyl (C=O) groups excluding carboxylic acids is 2. The molecule has 1 aliphatic rings. The molecule has 1 N–H and O–H groups in total. The van der Waals surface area contributed by atoms with Crippen LogP contribution in [0.25, 0.3) is 5.69 Å². The van der Waals surface area contributed by atoms with Crippen LogP contribution in [0, 0.1) is 13.8 Å². The summed E-state index contributed by atoms with van der Waals surface area (Å²) >= 11 is 5.96. The largest absolute Gasteiger partial charge is 0.452 e. The van der Waals surface area contributed by atoms with Crippen molar-refractivity contribution in [3.8, 4) is 5.69 Å². The molecule has 0 radical (unpaired) electrons. The van der Waals surface area contributed by atoms with Crippen molar-refractivity contribution in [1.29, 1.82) is 0 Å². The highest BCUT2D eigenvalue weighted by atomic mass is 35.5. The Bertz CT molecular complexity index is 1000. The molecule has 1 amide bonds. The Labute approximate surface area is 168 Å². The van der Waals surface area contributed by atoms with Gasteiger partial charge in [0.05, 0.1) is 28.5 Å². The van der Waals surface area contributed by atoms with E-state index in [1.165, 1.54) is 0 Å². The van der Waals surface area contributed by atoms with Crippen LogP contribution in [-0.2, 0) is 19.4 Å². The van der Waals surface area contributed by atoms with E-state index in [1.807, 2.05) is 41.8 Å². The number of rotatable bonds is 5. The molecule has 2 aromatic rings. The van der Waals surface area contributed by atoms with Crippen molar-refractivity contribution in [3.63, 3.8) is 0 Å². The fourth-order valence-corrected chi connectivity index (χ4v) is 5.89. The minimum absolute atomic E-state index is 0.176. The second kappa shape index (κ2) is 7.97. The van der Waals surface area contributed by atoms with Gasteiger partial charge in [-0.05, 0) is 32.0 Å². The fourth-order valence-electron chi connectivity index (χ4n) is 3.34. The summed E-state index contributed by atoms with van der Waals surface area (Å²) in [5.74, 6) is -1.59. The lowest BCUT2D eigenvalue weighted by molar-refractivity contribution is -0.124. The Kier molecular flexibility index (Phi) is 5.81. The van der Waals surface area contributed by atoms with Gasteiger partial charge in [0.25, 0.3) is 5.91 Å². The maximum atomic E-state index is 12.4. The number of hydrogen-bond acceptors (Lipinski definition) is 5. The number of alkyl halides is 1. The molecule has 1 aliphatic heterocycles. The van der Waals surface area contributed by atoms with Crippen LogP contribution in [0.4, 0.5) is 0 Å². The van der Waals surface area contributed by atoms with E-state index in [1.54, 1.807) is 13.0 Å². The third kappa shape index (κ3) is 4.39. The number of para-hydroxylation sites is 1. The number of sulfone groups is 1. The van der Waals surface area contributed by atoms with Gasteiger partial charge in [-0.1, -0.05) is 18.2 Å². The summed E-state index contributed by atoms with van der Waals surface area (Å²) < 4.78 is 30.1. The molecule has 2 atom stereocenters. The minimum atomic E-state index is -3.26. The van der Waals surface area contributed by atoms with Gasteiger partial charge in [-0.15, -0.1) is 11.6 Å². The van der Waals surface area contributed by atoms with Gasteiger partial charge in [-0.2, -0.15) is 0 Å². The van der Waals surface area contributed by atoms with E-state index in [0.29, 0.717) is 11.3 Å². The second-order valence-corrected chi connectivity index (χ2v) is 9.51. The lowest BCUT2D eigenvalue weighted by Crippen LogP contribution is -2.42. The van der Waals surface area contributed by atoms with Crippen molar-refractivity contribution in [3.05, 3.63) is 53.3 Å². The van der Waals surface area contributed by atoms with E-state index in [9.17, 15) is 18.0 Å². The zero-order valence-corrected chi connectivity index (χ0v) is 17.1. The van der Waals surface area contributed by atoms with Crippen molar-refractivity contribution < 1.29 is 22.7 Å². The van der Waals surface area contributed by atoms with Gasteiger partial charge in [0.2, 0.25) is 0 Å². The van der Waals surface area contributed by atoms with Crippen LogP contribution >= 0.6 is 11.6 Å². The number of halogens is 1. The fraction of sp³-hybridized carbons (Fsp3) is 0.368. The van der Waals surface area contributed by atoms with Gasteiger partial charge < -0.3 is 14.6 Å². The van der Waals surface area contributed by atoms with Crippen LogP contribution in [-0.4, -0.2) is 54.4 Å². The zero-order chi connectivity index (χ0) is 20.5. The number of aryl methyl sites for hydroxylation is 1. The van der Waals surface area contributed by atoms with Crippen molar-refractivity contribution >= 4 is 33.3 Å². The Morgan fingerprint density at radius 1 is 1.21 bits per heavy atom. The Morgan fingerprint density at radius 2 is 1.89 bits per heavy atom. The summed E-state index contributed by atoms with van der Waals surface area (Å²) in [6, 6.07) is 10.6. The number of aromatic nitrogens is 1. The van der Waals surface area contributed by atoms with E-state index in [2.05, 4.69) is 5.32 Å². The smallest absolute Gasteiger partial charge is 0.340 e. The van der Waals surface area contributed by atoms with E-state index in [-0.39, 0.29) is 11.5 Å². The zero-order valence-electron chi connectivity index (χ0n) is 15.5. The number of hydrogen-bond donors (Lipinski definition) is 1. The van der Waals surface area contributed by atoms with E-state index in [4.69, 9.17) is 16.3 Å². The molecule has 0 spiro atoms. The highest BCUT2D eigenvalue weighted by Crippen LogP contribution is 2.21. The average molecular weight is 425 g/mol. The molecule has 1 fully saturated rings. The molecular weight excluding hydrogens is 404 g/mol. The van der Waals surface area contributed by atoms with E-state index >= 15 is 0 Å². The normalized spacial score (nSPS) is 20.7. The number of carbonyl (C=O) groups is 2. The maximum Gasteiger partial charge on any atom is 0.340 e. The highest BCUT2D eigenvalue weighted by Gasteiger charge is 2.37. The predicted octanol–water partition coefficient (Wildman–Crippen LogP) is 1.77. The average Bonchev–Trinajstić information content (AvgIpc) is 3.07. The lowest BCUT2D eigenvalue weighted by Gasteiger charge is -2.14. The number of benzene rings is 1. The molecule has 0 aliphatic carbocycles. The minimum Gasteiger partial charge on any atom is -0.452 e. The monoisotopic (exact) mass is 424 g/mol. The van der Waals surface area contributed by atoms with Crippen LogP contribution in [0.2, 0.25) is 0 Å². The van der Waals surface area contributed by atoms with Gasteiger partial charge >= 0.3 is 5.97 Å². The van der Waals surface area contributed by atoms with E-state index in [0.717, 1.165) is 11.4 Å². The number of nitrogens with one attached hydrogen (secondary N) is 1. The second-order valence-electron chi connectivity index (χ2n) is 6.80. The molecular formula is C19H21ClN2O5S. The molecule has 1 aromatic heterocycles. The topological polar surface area (TPSA) is 94.5 Å². The van der Waals surface area contributed by atoms with Crippen molar-refractivity contribution in [2.45, 2.75) is 25.3 Å². The summed E-state index contributed by atoms with van der Waals surface area (Å²) in [6.07, 6.45) is 0. The molecule has 1 aromatic carbocycles. The molecule has 2 heterocycles. The molecule has 7 nitrogen and oxygen atoms in total. The lowest BCUT2D eigenvalue weighted by atomic mass is 10.2. The first-order valence-electron chi connectivity index (χ1n) is 8.73. The molecule has 0 bridgehead atoms. The number of nitrogens with zero attached hydrogens (tertiary/aromatic N) is 1. The van der Waals surface area contributed by atoms with Gasteiger partial charge in [0, 0.05) is 17.1 Å².